The van der Waals surface area contributed by atoms with Crippen molar-refractivity contribution in [2.24, 2.45) is 7.05 Å². The highest BCUT2D eigenvalue weighted by Gasteiger charge is 2.26. The van der Waals surface area contributed by atoms with Crippen molar-refractivity contribution in [3.8, 4) is 0 Å². The van der Waals surface area contributed by atoms with Gasteiger partial charge in [-0.2, -0.15) is 13.9 Å². The molecule has 2 rings (SSSR count). The summed E-state index contributed by atoms with van der Waals surface area (Å²) in [5, 5.41) is 6.84. The molecule has 2 aromatic rings. The van der Waals surface area contributed by atoms with Crippen LogP contribution in [0.4, 0.5) is 14.5 Å². The number of halogens is 2. The van der Waals surface area contributed by atoms with E-state index in [9.17, 15) is 22.0 Å². The smallest absolute Gasteiger partial charge is 0.319 e. The third-order valence-electron chi connectivity index (χ3n) is 3.43. The summed E-state index contributed by atoms with van der Waals surface area (Å²) >= 11 is 0. The summed E-state index contributed by atoms with van der Waals surface area (Å²) in [6.45, 7) is 3.52. The highest BCUT2D eigenvalue weighted by Crippen LogP contribution is 2.21. The topological polar surface area (TPSA) is 81.1 Å². The van der Waals surface area contributed by atoms with Crippen molar-refractivity contribution >= 4 is 21.4 Å². The van der Waals surface area contributed by atoms with E-state index in [1.165, 1.54) is 12.1 Å². The standard InChI is InChI=1S/C14H15F2N3O3S/c1-8-12(9(2)19(3)18-8)17-13(20)10-4-6-11(7-5-10)23(21,22)14(15)16/h4-7,14H,1-3H3,(H,17,20). The number of hydrogen-bond donors (Lipinski definition) is 1. The fourth-order valence-electron chi connectivity index (χ4n) is 2.04. The van der Waals surface area contributed by atoms with Crippen molar-refractivity contribution in [3.05, 3.63) is 41.2 Å². The normalized spacial score (nSPS) is 11.7. The molecule has 0 aliphatic rings. The van der Waals surface area contributed by atoms with Crippen LogP contribution in [0.5, 0.6) is 0 Å². The van der Waals surface area contributed by atoms with E-state index in [1.54, 1.807) is 25.6 Å². The first kappa shape index (κ1) is 17.1. The molecule has 0 saturated heterocycles. The number of rotatable bonds is 4. The Morgan fingerprint density at radius 2 is 1.78 bits per heavy atom. The van der Waals surface area contributed by atoms with Crippen LogP contribution in [0.3, 0.4) is 0 Å². The number of aryl methyl sites for hydroxylation is 2. The molecule has 0 bridgehead atoms. The Bertz CT molecular complexity index is 843. The Hall–Kier alpha value is -2.29. The number of nitrogens with one attached hydrogen (secondary N) is 1. The van der Waals surface area contributed by atoms with Crippen LogP contribution in [0.1, 0.15) is 21.7 Å². The molecule has 0 unspecified atom stereocenters. The number of benzene rings is 1. The second-order valence-electron chi connectivity index (χ2n) is 4.95. The Balaban J connectivity index is 2.25. The maximum Gasteiger partial charge on any atom is 0.341 e. The first-order valence-corrected chi connectivity index (χ1v) is 8.13. The van der Waals surface area contributed by atoms with Crippen molar-refractivity contribution in [2.45, 2.75) is 24.5 Å². The number of amides is 1. The maximum atomic E-state index is 12.5. The summed E-state index contributed by atoms with van der Waals surface area (Å²) in [5.74, 6) is -3.98. The Morgan fingerprint density at radius 1 is 1.22 bits per heavy atom. The quantitative estimate of drug-likeness (QED) is 0.923. The van der Waals surface area contributed by atoms with E-state index in [2.05, 4.69) is 10.4 Å². The minimum Gasteiger partial charge on any atom is -0.319 e. The minimum absolute atomic E-state index is 0.154. The van der Waals surface area contributed by atoms with Gasteiger partial charge in [0.25, 0.3) is 5.91 Å². The minimum atomic E-state index is -4.67. The lowest BCUT2D eigenvalue weighted by atomic mass is 10.2. The van der Waals surface area contributed by atoms with E-state index in [-0.39, 0.29) is 5.56 Å². The lowest BCUT2D eigenvalue weighted by molar-refractivity contribution is 0.102. The van der Waals surface area contributed by atoms with Gasteiger partial charge in [0.15, 0.2) is 0 Å². The van der Waals surface area contributed by atoms with Crippen LogP contribution >= 0.6 is 0 Å². The summed E-state index contributed by atoms with van der Waals surface area (Å²) in [4.78, 5) is 11.6. The summed E-state index contributed by atoms with van der Waals surface area (Å²) in [7, 11) is -2.93. The van der Waals surface area contributed by atoms with Gasteiger partial charge in [-0.1, -0.05) is 0 Å². The molecule has 0 atom stereocenters. The second-order valence-corrected chi connectivity index (χ2v) is 6.87. The van der Waals surface area contributed by atoms with Crippen molar-refractivity contribution in [1.29, 1.82) is 0 Å². The number of nitrogens with zero attached hydrogens (tertiary/aromatic N) is 2. The molecule has 0 radical (unpaired) electrons. The molecule has 1 aromatic carbocycles. The highest BCUT2D eigenvalue weighted by molar-refractivity contribution is 7.91. The fourth-order valence-corrected chi connectivity index (χ4v) is 2.76. The molecule has 23 heavy (non-hydrogen) atoms. The largest absolute Gasteiger partial charge is 0.341 e. The predicted octanol–water partition coefficient (Wildman–Crippen LogP) is 2.29. The van der Waals surface area contributed by atoms with E-state index < -0.39 is 26.4 Å². The van der Waals surface area contributed by atoms with Crippen LogP contribution in [0, 0.1) is 13.8 Å². The third kappa shape index (κ3) is 3.24. The Morgan fingerprint density at radius 3 is 2.22 bits per heavy atom. The van der Waals surface area contributed by atoms with Gasteiger partial charge in [0.2, 0.25) is 9.84 Å². The van der Waals surface area contributed by atoms with Gasteiger partial charge in [0.1, 0.15) is 0 Å². The van der Waals surface area contributed by atoms with E-state index in [0.29, 0.717) is 11.4 Å². The second kappa shape index (κ2) is 6.07. The molecule has 124 valence electrons. The average molecular weight is 343 g/mol. The SMILES string of the molecule is Cc1nn(C)c(C)c1NC(=O)c1ccc(S(=O)(=O)C(F)F)cc1. The molecule has 0 saturated carbocycles. The first-order chi connectivity index (χ1) is 10.6. The summed E-state index contributed by atoms with van der Waals surface area (Å²) in [6.07, 6.45) is 0. The van der Waals surface area contributed by atoms with Crippen LogP contribution in [0.2, 0.25) is 0 Å². The van der Waals surface area contributed by atoms with E-state index in [0.717, 1.165) is 17.8 Å². The molecule has 0 aliphatic heterocycles. The van der Waals surface area contributed by atoms with Gasteiger partial charge in [0.05, 0.1) is 22.0 Å². The molecule has 1 aromatic heterocycles. The molecule has 1 amide bonds. The molecular formula is C14H15F2N3O3S. The van der Waals surface area contributed by atoms with Crippen molar-refractivity contribution < 1.29 is 22.0 Å². The number of carbonyl (C=O) groups is 1. The zero-order valence-electron chi connectivity index (χ0n) is 12.7. The van der Waals surface area contributed by atoms with Gasteiger partial charge < -0.3 is 5.32 Å². The van der Waals surface area contributed by atoms with Gasteiger partial charge >= 0.3 is 5.76 Å². The fraction of sp³-hybridized carbons (Fsp3) is 0.286. The number of anilines is 1. The first-order valence-electron chi connectivity index (χ1n) is 6.58. The average Bonchev–Trinajstić information content (AvgIpc) is 2.73. The van der Waals surface area contributed by atoms with Crippen LogP contribution in [0.15, 0.2) is 29.2 Å². The lowest BCUT2D eigenvalue weighted by Gasteiger charge is -2.07. The van der Waals surface area contributed by atoms with Crippen LogP contribution in [-0.2, 0) is 16.9 Å². The van der Waals surface area contributed by atoms with Gasteiger partial charge in [-0.3, -0.25) is 9.48 Å². The van der Waals surface area contributed by atoms with Gasteiger partial charge in [-0.15, -0.1) is 0 Å². The number of alkyl halides is 2. The van der Waals surface area contributed by atoms with E-state index >= 15 is 0 Å². The Kier molecular flexibility index (Phi) is 4.51. The Labute approximate surface area is 132 Å². The monoisotopic (exact) mass is 343 g/mol. The molecule has 6 nitrogen and oxygen atoms in total. The van der Waals surface area contributed by atoms with E-state index in [1.807, 2.05) is 0 Å². The van der Waals surface area contributed by atoms with Crippen LogP contribution in [-0.4, -0.2) is 29.9 Å². The van der Waals surface area contributed by atoms with Crippen LogP contribution in [0.25, 0.3) is 0 Å². The maximum absolute atomic E-state index is 12.5. The number of hydrogen-bond acceptors (Lipinski definition) is 4. The predicted molar refractivity (Wildman–Crippen MR) is 80.3 cm³/mol. The number of sulfone groups is 1. The van der Waals surface area contributed by atoms with Crippen molar-refractivity contribution in [3.63, 3.8) is 0 Å². The molecule has 9 heteroatoms. The zero-order valence-corrected chi connectivity index (χ0v) is 13.5. The van der Waals surface area contributed by atoms with Crippen molar-refractivity contribution in [1.82, 2.24) is 9.78 Å². The highest BCUT2D eigenvalue weighted by atomic mass is 32.2. The molecule has 1 heterocycles. The molecule has 0 aliphatic carbocycles. The molecular weight excluding hydrogens is 328 g/mol. The number of carbonyl (C=O) groups excluding carboxylic acids is 1. The molecule has 1 N–H and O–H groups in total. The van der Waals surface area contributed by atoms with Gasteiger partial charge in [-0.25, -0.2) is 8.42 Å². The summed E-state index contributed by atoms with van der Waals surface area (Å²) in [6, 6.07) is 4.34. The van der Waals surface area contributed by atoms with Gasteiger partial charge in [0, 0.05) is 12.6 Å². The van der Waals surface area contributed by atoms with Crippen LogP contribution < -0.4 is 5.32 Å². The molecule has 0 spiro atoms. The lowest BCUT2D eigenvalue weighted by Crippen LogP contribution is -2.14. The van der Waals surface area contributed by atoms with Gasteiger partial charge in [-0.05, 0) is 38.1 Å². The summed E-state index contributed by atoms with van der Waals surface area (Å²) in [5.41, 5.74) is 2.10. The third-order valence-corrected chi connectivity index (χ3v) is 4.83. The number of aromatic nitrogens is 2. The zero-order chi connectivity index (χ0) is 17.4. The van der Waals surface area contributed by atoms with E-state index in [4.69, 9.17) is 0 Å². The summed E-state index contributed by atoms with van der Waals surface area (Å²) < 4.78 is 49.2. The molecule has 0 fully saturated rings. The van der Waals surface area contributed by atoms with Crippen molar-refractivity contribution in [2.75, 3.05) is 5.32 Å².